The minimum Gasteiger partial charge on any atom is -0.422 e. The van der Waals surface area contributed by atoms with Gasteiger partial charge in [0.15, 0.2) is 0 Å². The molecule has 1 atom stereocenters. The predicted octanol–water partition coefficient (Wildman–Crippen LogP) is 3.56. The number of benzene rings is 2. The van der Waals surface area contributed by atoms with Gasteiger partial charge in [-0.15, -0.1) is 0 Å². The molecule has 1 amide bonds. The van der Waals surface area contributed by atoms with E-state index in [1.54, 1.807) is 9.58 Å². The Morgan fingerprint density at radius 1 is 1.12 bits per heavy atom. The lowest BCUT2D eigenvalue weighted by Gasteiger charge is -2.33. The van der Waals surface area contributed by atoms with E-state index in [1.165, 1.54) is 0 Å². The first-order valence-corrected chi connectivity index (χ1v) is 10.8. The quantitative estimate of drug-likeness (QED) is 0.689. The molecule has 7 heteroatoms. The number of nitriles is 1. The van der Waals surface area contributed by atoms with Crippen molar-refractivity contribution in [3.63, 3.8) is 0 Å². The summed E-state index contributed by atoms with van der Waals surface area (Å²) in [6.07, 6.45) is 1.45. The number of nitrogens with two attached hydrogens (primary N) is 1. The van der Waals surface area contributed by atoms with Crippen molar-refractivity contribution in [2.75, 3.05) is 11.4 Å². The van der Waals surface area contributed by atoms with E-state index < -0.39 is 5.41 Å². The van der Waals surface area contributed by atoms with Gasteiger partial charge in [-0.05, 0) is 31.5 Å². The summed E-state index contributed by atoms with van der Waals surface area (Å²) in [6.45, 7) is 4.46. The van der Waals surface area contributed by atoms with Crippen molar-refractivity contribution in [2.24, 2.45) is 5.73 Å². The van der Waals surface area contributed by atoms with E-state index in [0.29, 0.717) is 24.4 Å². The number of carbonyl (C=O) groups excluding carboxylic acids is 1. The van der Waals surface area contributed by atoms with E-state index in [1.807, 2.05) is 61.5 Å². The average Bonchev–Trinajstić information content (AvgIpc) is 3.28. The molecule has 3 heterocycles. The van der Waals surface area contributed by atoms with Crippen LogP contribution in [0.5, 0.6) is 5.88 Å². The normalized spacial score (nSPS) is 19.0. The van der Waals surface area contributed by atoms with Crippen LogP contribution in [0.15, 0.2) is 66.1 Å². The molecule has 3 aromatic rings. The van der Waals surface area contributed by atoms with Crippen LogP contribution >= 0.6 is 0 Å². The van der Waals surface area contributed by atoms with Gasteiger partial charge in [-0.25, -0.2) is 4.68 Å². The van der Waals surface area contributed by atoms with Crippen molar-refractivity contribution in [1.29, 1.82) is 5.26 Å². The number of anilines is 1. The van der Waals surface area contributed by atoms with Crippen LogP contribution in [0.1, 0.15) is 37.1 Å². The number of hydrogen-bond acceptors (Lipinski definition) is 5. The van der Waals surface area contributed by atoms with Gasteiger partial charge in [0, 0.05) is 17.8 Å². The Kier molecular flexibility index (Phi) is 4.52. The number of likely N-dealkylation sites (N-methyl/N-ethyl adjacent to an activating group) is 1. The van der Waals surface area contributed by atoms with E-state index in [2.05, 4.69) is 13.0 Å². The lowest BCUT2D eigenvalue weighted by Crippen LogP contribution is -2.46. The predicted molar refractivity (Wildman–Crippen MR) is 120 cm³/mol. The van der Waals surface area contributed by atoms with Gasteiger partial charge in [-0.3, -0.25) is 4.79 Å². The molecular weight excluding hydrogens is 402 g/mol. The Bertz CT molecular complexity index is 1300. The number of para-hydroxylation sites is 2. The molecule has 0 radical (unpaired) electrons. The average molecular weight is 425 g/mol. The third-order valence-electron chi connectivity index (χ3n) is 6.20. The third kappa shape index (κ3) is 2.41. The monoisotopic (exact) mass is 425 g/mol. The summed E-state index contributed by atoms with van der Waals surface area (Å²) in [6, 6.07) is 19.4. The molecule has 0 saturated carbocycles. The standard InChI is InChI=1S/C25H23N5O2/c1-3-10-19-21-23(30(28-19)16-11-6-5-7-12-16)32-22(27)18(15-26)25(21)17-13-8-9-14-20(17)29(4-2)24(25)31/h5-9,11-14H,3-4,10,27H2,1-2H3/t25-/m0/s1. The summed E-state index contributed by atoms with van der Waals surface area (Å²) in [5.74, 6) is 0.119. The van der Waals surface area contributed by atoms with Gasteiger partial charge in [0.1, 0.15) is 17.1 Å². The van der Waals surface area contributed by atoms with Gasteiger partial charge in [0.05, 0.1) is 16.9 Å². The van der Waals surface area contributed by atoms with Gasteiger partial charge >= 0.3 is 0 Å². The van der Waals surface area contributed by atoms with Crippen LogP contribution in [0.2, 0.25) is 0 Å². The smallest absolute Gasteiger partial charge is 0.247 e. The molecule has 5 rings (SSSR count). The lowest BCUT2D eigenvalue weighted by atomic mass is 9.68. The zero-order valence-corrected chi connectivity index (χ0v) is 18.0. The maximum atomic E-state index is 14.1. The maximum absolute atomic E-state index is 14.1. The van der Waals surface area contributed by atoms with E-state index >= 15 is 0 Å². The first-order chi connectivity index (χ1) is 15.6. The molecule has 2 aromatic carbocycles. The number of nitrogens with zero attached hydrogens (tertiary/aromatic N) is 4. The number of aryl methyl sites for hydroxylation is 1. The van der Waals surface area contributed by atoms with Crippen LogP contribution in [0.25, 0.3) is 5.69 Å². The van der Waals surface area contributed by atoms with Gasteiger partial charge in [-0.1, -0.05) is 49.7 Å². The highest BCUT2D eigenvalue weighted by Crippen LogP contribution is 2.56. The number of amides is 1. The molecule has 0 bridgehead atoms. The molecule has 0 aliphatic carbocycles. The maximum Gasteiger partial charge on any atom is 0.247 e. The molecule has 2 aliphatic rings. The summed E-state index contributed by atoms with van der Waals surface area (Å²) in [5, 5.41) is 15.1. The van der Waals surface area contributed by atoms with Crippen LogP contribution in [0.4, 0.5) is 5.69 Å². The Morgan fingerprint density at radius 2 is 1.84 bits per heavy atom. The Labute approximate surface area is 186 Å². The first kappa shape index (κ1) is 19.9. The number of ether oxygens (including phenoxy) is 1. The summed E-state index contributed by atoms with van der Waals surface area (Å²) in [5.41, 5.74) is 8.71. The minimum atomic E-state index is -1.38. The Balaban J connectivity index is 1.92. The Morgan fingerprint density at radius 3 is 2.53 bits per heavy atom. The molecule has 32 heavy (non-hydrogen) atoms. The van der Waals surface area contributed by atoms with E-state index in [4.69, 9.17) is 15.6 Å². The molecule has 0 unspecified atom stereocenters. The fourth-order valence-corrected chi connectivity index (χ4v) is 4.93. The summed E-state index contributed by atoms with van der Waals surface area (Å²) in [7, 11) is 0. The third-order valence-corrected chi connectivity index (χ3v) is 6.20. The van der Waals surface area contributed by atoms with Crippen LogP contribution in [-0.4, -0.2) is 22.2 Å². The fourth-order valence-electron chi connectivity index (χ4n) is 4.93. The van der Waals surface area contributed by atoms with Gasteiger partial charge in [0.2, 0.25) is 17.7 Å². The van der Waals surface area contributed by atoms with E-state index in [-0.39, 0.29) is 17.4 Å². The van der Waals surface area contributed by atoms with Crippen LogP contribution < -0.4 is 15.4 Å². The SMILES string of the molecule is CCCc1nn(-c2ccccc2)c2c1[C@@]1(C(=O)N(CC)c3ccccc31)C(C#N)=C(N)O2. The molecule has 2 N–H and O–H groups in total. The van der Waals surface area contributed by atoms with Crippen LogP contribution in [-0.2, 0) is 16.6 Å². The number of fused-ring (bicyclic) bond motifs is 4. The largest absolute Gasteiger partial charge is 0.422 e. The zero-order chi connectivity index (χ0) is 22.5. The molecule has 1 aromatic heterocycles. The van der Waals surface area contributed by atoms with Crippen LogP contribution in [0.3, 0.4) is 0 Å². The van der Waals surface area contributed by atoms with Crippen molar-refractivity contribution in [3.8, 4) is 17.6 Å². The summed E-state index contributed by atoms with van der Waals surface area (Å²) >= 11 is 0. The van der Waals surface area contributed by atoms with Gasteiger partial charge in [-0.2, -0.15) is 10.4 Å². The van der Waals surface area contributed by atoms with Gasteiger partial charge in [0.25, 0.3) is 0 Å². The molecule has 0 saturated heterocycles. The zero-order valence-electron chi connectivity index (χ0n) is 18.0. The highest BCUT2D eigenvalue weighted by Gasteiger charge is 2.61. The van der Waals surface area contributed by atoms with Crippen molar-refractivity contribution in [1.82, 2.24) is 9.78 Å². The summed E-state index contributed by atoms with van der Waals surface area (Å²) < 4.78 is 7.72. The number of aromatic nitrogens is 2. The second-order valence-corrected chi connectivity index (χ2v) is 7.89. The molecule has 160 valence electrons. The second-order valence-electron chi connectivity index (χ2n) is 7.89. The van der Waals surface area contributed by atoms with Crippen molar-refractivity contribution < 1.29 is 9.53 Å². The summed E-state index contributed by atoms with van der Waals surface area (Å²) in [4.78, 5) is 15.9. The first-order valence-electron chi connectivity index (χ1n) is 10.8. The Hall–Kier alpha value is -4.05. The molecule has 2 aliphatic heterocycles. The minimum absolute atomic E-state index is 0.0683. The van der Waals surface area contributed by atoms with Crippen LogP contribution in [0, 0.1) is 11.3 Å². The van der Waals surface area contributed by atoms with Crippen molar-refractivity contribution in [3.05, 3.63) is 82.9 Å². The number of carbonyl (C=O) groups is 1. The molecular formula is C25H23N5O2. The van der Waals surface area contributed by atoms with Crippen molar-refractivity contribution in [2.45, 2.75) is 32.1 Å². The molecule has 1 spiro atoms. The topological polar surface area (TPSA) is 97.2 Å². The molecule has 7 nitrogen and oxygen atoms in total. The fraction of sp³-hybridized carbons (Fsp3) is 0.240. The second kappa shape index (κ2) is 7.27. The molecule has 0 fully saturated rings. The van der Waals surface area contributed by atoms with Crippen molar-refractivity contribution >= 4 is 11.6 Å². The lowest BCUT2D eigenvalue weighted by molar-refractivity contribution is -0.120. The number of rotatable bonds is 4. The highest BCUT2D eigenvalue weighted by atomic mass is 16.5. The highest BCUT2D eigenvalue weighted by molar-refractivity contribution is 6.14. The van der Waals surface area contributed by atoms with E-state index in [9.17, 15) is 10.1 Å². The van der Waals surface area contributed by atoms with E-state index in [0.717, 1.165) is 29.1 Å². The number of hydrogen-bond donors (Lipinski definition) is 1. The van der Waals surface area contributed by atoms with Gasteiger partial charge < -0.3 is 15.4 Å².